The largest absolute Gasteiger partial charge is 0.497 e. The summed E-state index contributed by atoms with van der Waals surface area (Å²) in [6, 6.07) is 4.81. The molecule has 84 valence electrons. The van der Waals surface area contributed by atoms with Gasteiger partial charge in [-0.2, -0.15) is 0 Å². The average molecular weight is 285 g/mol. The minimum Gasteiger partial charge on any atom is -0.497 e. The third-order valence-corrected chi connectivity index (χ3v) is 2.91. The van der Waals surface area contributed by atoms with Crippen molar-refractivity contribution in [2.45, 2.75) is 0 Å². The quantitative estimate of drug-likeness (QED) is 0.838. The molecule has 2 rings (SSSR count). The van der Waals surface area contributed by atoms with Gasteiger partial charge in [-0.3, -0.25) is 15.0 Å². The number of nitrogens with zero attached hydrogens (tertiary/aromatic N) is 1. The van der Waals surface area contributed by atoms with Gasteiger partial charge in [0.25, 0.3) is 0 Å². The van der Waals surface area contributed by atoms with Crippen molar-refractivity contribution in [1.29, 1.82) is 0 Å². The van der Waals surface area contributed by atoms with E-state index in [-0.39, 0.29) is 12.5 Å². The number of carbonyl (C=O) groups is 2. The summed E-state index contributed by atoms with van der Waals surface area (Å²) < 4.78 is 5.80. The Labute approximate surface area is 100 Å². The first-order valence-electron chi connectivity index (χ1n) is 4.56. The molecule has 1 aliphatic rings. The van der Waals surface area contributed by atoms with Gasteiger partial charge in [0.15, 0.2) is 0 Å². The van der Waals surface area contributed by atoms with Gasteiger partial charge in [-0.1, -0.05) is 0 Å². The highest BCUT2D eigenvalue weighted by atomic mass is 79.9. The number of benzene rings is 1. The number of anilines is 1. The molecular weight excluding hydrogens is 276 g/mol. The number of urea groups is 1. The van der Waals surface area contributed by atoms with Crippen molar-refractivity contribution in [2.75, 3.05) is 18.6 Å². The Morgan fingerprint density at radius 3 is 2.75 bits per heavy atom. The van der Waals surface area contributed by atoms with Crippen molar-refractivity contribution in [3.05, 3.63) is 22.7 Å². The monoisotopic (exact) mass is 284 g/mol. The molecule has 0 aliphatic carbocycles. The van der Waals surface area contributed by atoms with Crippen molar-refractivity contribution in [1.82, 2.24) is 5.32 Å². The van der Waals surface area contributed by atoms with E-state index in [9.17, 15) is 9.59 Å². The average Bonchev–Trinajstić information content (AvgIpc) is 2.58. The maximum absolute atomic E-state index is 11.5. The standard InChI is InChI=1S/C10H9BrN2O3/c1-16-6-2-3-7(11)8(4-6)13-5-9(14)12-10(13)15/h2-4H,5H2,1H3,(H,12,14,15). The van der Waals surface area contributed by atoms with E-state index in [0.29, 0.717) is 11.4 Å². The molecule has 1 aliphatic heterocycles. The first kappa shape index (κ1) is 10.9. The Hall–Kier alpha value is -1.56. The second-order valence-corrected chi connectivity index (χ2v) is 4.11. The molecule has 0 radical (unpaired) electrons. The molecule has 0 atom stereocenters. The van der Waals surface area contributed by atoms with Crippen LogP contribution in [-0.4, -0.2) is 25.6 Å². The maximum Gasteiger partial charge on any atom is 0.329 e. The molecule has 5 nitrogen and oxygen atoms in total. The van der Waals surface area contributed by atoms with E-state index in [0.717, 1.165) is 4.47 Å². The predicted molar refractivity (Wildman–Crippen MR) is 61.6 cm³/mol. The van der Waals surface area contributed by atoms with E-state index >= 15 is 0 Å². The van der Waals surface area contributed by atoms with Crippen LogP contribution in [0.5, 0.6) is 5.75 Å². The zero-order valence-corrected chi connectivity index (χ0v) is 10.1. The van der Waals surface area contributed by atoms with E-state index in [1.54, 1.807) is 25.3 Å². The fourth-order valence-corrected chi connectivity index (χ4v) is 1.92. The molecular formula is C10H9BrN2O3. The smallest absolute Gasteiger partial charge is 0.329 e. The molecule has 0 unspecified atom stereocenters. The molecule has 0 saturated carbocycles. The minimum absolute atomic E-state index is 0.0323. The predicted octanol–water partition coefficient (Wildman–Crippen LogP) is 1.51. The summed E-state index contributed by atoms with van der Waals surface area (Å²) in [5.74, 6) is 0.324. The number of halogens is 1. The summed E-state index contributed by atoms with van der Waals surface area (Å²) in [6.45, 7) is 0.0323. The van der Waals surface area contributed by atoms with Crippen LogP contribution in [0.4, 0.5) is 10.5 Å². The molecule has 1 aromatic rings. The van der Waals surface area contributed by atoms with Crippen LogP contribution in [0, 0.1) is 0 Å². The summed E-state index contributed by atoms with van der Waals surface area (Å²) in [6.07, 6.45) is 0. The number of ether oxygens (including phenoxy) is 1. The van der Waals surface area contributed by atoms with Crippen molar-refractivity contribution in [2.24, 2.45) is 0 Å². The Morgan fingerprint density at radius 2 is 2.19 bits per heavy atom. The van der Waals surface area contributed by atoms with Gasteiger partial charge in [-0.05, 0) is 28.1 Å². The zero-order valence-electron chi connectivity index (χ0n) is 8.49. The fourth-order valence-electron chi connectivity index (χ4n) is 1.46. The van der Waals surface area contributed by atoms with Gasteiger partial charge >= 0.3 is 6.03 Å². The first-order valence-corrected chi connectivity index (χ1v) is 5.36. The first-order chi connectivity index (χ1) is 7.61. The summed E-state index contributed by atoms with van der Waals surface area (Å²) in [4.78, 5) is 23.9. The molecule has 1 saturated heterocycles. The SMILES string of the molecule is COc1ccc(Br)c(N2CC(=O)NC2=O)c1. The summed E-state index contributed by atoms with van der Waals surface area (Å²) in [5, 5.41) is 2.22. The van der Waals surface area contributed by atoms with Gasteiger partial charge < -0.3 is 4.74 Å². The van der Waals surface area contributed by atoms with Crippen LogP contribution >= 0.6 is 15.9 Å². The van der Waals surface area contributed by atoms with Crippen molar-refractivity contribution < 1.29 is 14.3 Å². The zero-order chi connectivity index (χ0) is 11.7. The van der Waals surface area contributed by atoms with E-state index in [1.165, 1.54) is 4.90 Å². The number of imide groups is 1. The Kier molecular flexibility index (Phi) is 2.82. The number of rotatable bonds is 2. The Morgan fingerprint density at radius 1 is 1.44 bits per heavy atom. The number of nitrogens with one attached hydrogen (secondary N) is 1. The van der Waals surface area contributed by atoms with E-state index in [1.807, 2.05) is 0 Å². The van der Waals surface area contributed by atoms with E-state index in [2.05, 4.69) is 21.2 Å². The van der Waals surface area contributed by atoms with Crippen LogP contribution in [0.3, 0.4) is 0 Å². The van der Waals surface area contributed by atoms with Crippen LogP contribution in [-0.2, 0) is 4.79 Å². The van der Waals surface area contributed by atoms with Crippen molar-refractivity contribution in [3.8, 4) is 5.75 Å². The summed E-state index contributed by atoms with van der Waals surface area (Å²) in [7, 11) is 1.54. The Bertz CT molecular complexity index is 461. The molecule has 0 bridgehead atoms. The highest BCUT2D eigenvalue weighted by Gasteiger charge is 2.29. The van der Waals surface area contributed by atoms with Gasteiger partial charge in [0.05, 0.1) is 12.8 Å². The number of amides is 3. The number of hydrogen-bond donors (Lipinski definition) is 1. The van der Waals surface area contributed by atoms with E-state index in [4.69, 9.17) is 4.74 Å². The second-order valence-electron chi connectivity index (χ2n) is 3.26. The Balaban J connectivity index is 2.39. The second kappa shape index (κ2) is 4.13. The van der Waals surface area contributed by atoms with Gasteiger partial charge in [0, 0.05) is 10.5 Å². The van der Waals surface area contributed by atoms with Gasteiger partial charge in [0.2, 0.25) is 5.91 Å². The van der Waals surface area contributed by atoms with Crippen molar-refractivity contribution >= 4 is 33.6 Å². The van der Waals surface area contributed by atoms with Gasteiger partial charge in [-0.15, -0.1) is 0 Å². The molecule has 1 aromatic carbocycles. The third kappa shape index (κ3) is 1.88. The van der Waals surface area contributed by atoms with E-state index < -0.39 is 6.03 Å². The lowest BCUT2D eigenvalue weighted by molar-refractivity contribution is -0.117. The molecule has 1 heterocycles. The minimum atomic E-state index is -0.418. The van der Waals surface area contributed by atoms with Gasteiger partial charge in [0.1, 0.15) is 12.3 Å². The normalized spacial score (nSPS) is 15.2. The maximum atomic E-state index is 11.5. The lowest BCUT2D eigenvalue weighted by Crippen LogP contribution is -2.28. The lowest BCUT2D eigenvalue weighted by atomic mass is 10.3. The summed E-state index contributed by atoms with van der Waals surface area (Å²) >= 11 is 3.33. The molecule has 0 spiro atoms. The highest BCUT2D eigenvalue weighted by Crippen LogP contribution is 2.31. The topological polar surface area (TPSA) is 58.6 Å². The van der Waals surface area contributed by atoms with Crippen LogP contribution in [0.1, 0.15) is 0 Å². The third-order valence-electron chi connectivity index (χ3n) is 2.24. The van der Waals surface area contributed by atoms with Crippen LogP contribution < -0.4 is 15.0 Å². The number of carbonyl (C=O) groups excluding carboxylic acids is 2. The molecule has 6 heteroatoms. The summed E-state index contributed by atoms with van der Waals surface area (Å²) in [5.41, 5.74) is 0.614. The van der Waals surface area contributed by atoms with Crippen LogP contribution in [0.25, 0.3) is 0 Å². The lowest BCUT2D eigenvalue weighted by Gasteiger charge is -2.15. The highest BCUT2D eigenvalue weighted by molar-refractivity contribution is 9.10. The van der Waals surface area contributed by atoms with Crippen LogP contribution in [0.15, 0.2) is 22.7 Å². The fraction of sp³-hybridized carbons (Fsp3) is 0.200. The van der Waals surface area contributed by atoms with Crippen LogP contribution in [0.2, 0.25) is 0 Å². The molecule has 1 fully saturated rings. The van der Waals surface area contributed by atoms with Crippen molar-refractivity contribution in [3.63, 3.8) is 0 Å². The molecule has 0 aromatic heterocycles. The molecule has 1 N–H and O–H groups in total. The van der Waals surface area contributed by atoms with Gasteiger partial charge in [-0.25, -0.2) is 4.79 Å². The number of methoxy groups -OCH3 is 1. The molecule has 3 amide bonds. The molecule has 16 heavy (non-hydrogen) atoms. The number of hydrogen-bond acceptors (Lipinski definition) is 3.